The molecule has 4 rings (SSSR count). The van der Waals surface area contributed by atoms with E-state index in [0.717, 1.165) is 15.4 Å². The van der Waals surface area contributed by atoms with Gasteiger partial charge in [-0.15, -0.1) is 0 Å². The van der Waals surface area contributed by atoms with E-state index in [0.29, 0.717) is 30.1 Å². The Morgan fingerprint density at radius 2 is 1.45 bits per heavy atom. The summed E-state index contributed by atoms with van der Waals surface area (Å²) in [6.07, 6.45) is 1.88. The molecule has 0 atom stereocenters. The van der Waals surface area contributed by atoms with Crippen LogP contribution in [0.3, 0.4) is 0 Å². The lowest BCUT2D eigenvalue weighted by molar-refractivity contribution is -0.121. The number of hydrogen-bond donors (Lipinski definition) is 1. The summed E-state index contributed by atoms with van der Waals surface area (Å²) in [6.45, 7) is 0.0173. The largest absolute Gasteiger partial charge is 0.493 e. The number of rotatable bonds is 14. The van der Waals surface area contributed by atoms with E-state index in [-0.39, 0.29) is 17.2 Å². The second-order valence-corrected chi connectivity index (χ2v) is 11.1. The Hall–Kier alpha value is -4.67. The summed E-state index contributed by atoms with van der Waals surface area (Å²) in [4.78, 5) is 12.9. The number of hydrazone groups is 1. The fourth-order valence-corrected chi connectivity index (χ4v) is 5.55. The highest BCUT2D eigenvalue weighted by Crippen LogP contribution is 2.30. The number of benzene rings is 4. The quantitative estimate of drug-likeness (QED) is 0.170. The highest BCUT2D eigenvalue weighted by molar-refractivity contribution is 7.89. The number of carbonyl (C=O) groups is 1. The van der Waals surface area contributed by atoms with Gasteiger partial charge in [-0.1, -0.05) is 72.8 Å². The van der Waals surface area contributed by atoms with Crippen molar-refractivity contribution in [3.05, 3.63) is 120 Å². The average Bonchev–Trinajstić information content (AvgIpc) is 3.03. The van der Waals surface area contributed by atoms with E-state index >= 15 is 0 Å². The molecule has 0 aliphatic heterocycles. The molecule has 1 amide bonds. The van der Waals surface area contributed by atoms with E-state index in [1.54, 1.807) is 0 Å². The topological polar surface area (TPSA) is 107 Å². The van der Waals surface area contributed by atoms with Gasteiger partial charge in [0.15, 0.2) is 11.5 Å². The third-order valence-electron chi connectivity index (χ3n) is 6.35. The Morgan fingerprint density at radius 3 is 2.14 bits per heavy atom. The maximum absolute atomic E-state index is 13.7. The zero-order valence-electron chi connectivity index (χ0n) is 23.5. The Kier molecular flexibility index (Phi) is 10.7. The van der Waals surface area contributed by atoms with Crippen molar-refractivity contribution in [1.82, 2.24) is 9.73 Å². The maximum Gasteiger partial charge on any atom is 0.255 e. The van der Waals surface area contributed by atoms with Crippen LogP contribution in [-0.2, 0) is 27.8 Å². The number of ether oxygens (including phenoxy) is 3. The third-order valence-corrected chi connectivity index (χ3v) is 8.20. The molecular weight excluding hydrogens is 554 g/mol. The molecule has 218 valence electrons. The van der Waals surface area contributed by atoms with Crippen molar-refractivity contribution in [2.45, 2.75) is 17.9 Å². The minimum absolute atomic E-state index is 0.0194. The normalized spacial score (nSPS) is 11.4. The number of nitrogens with zero attached hydrogens (tertiary/aromatic N) is 2. The molecule has 0 aromatic heterocycles. The van der Waals surface area contributed by atoms with Gasteiger partial charge in [0.25, 0.3) is 5.91 Å². The van der Waals surface area contributed by atoms with Gasteiger partial charge in [-0.25, -0.2) is 13.8 Å². The zero-order valence-corrected chi connectivity index (χ0v) is 24.3. The lowest BCUT2D eigenvalue weighted by Crippen LogP contribution is -2.40. The molecule has 0 spiro atoms. The van der Waals surface area contributed by atoms with Gasteiger partial charge in [-0.05, 0) is 41.8 Å². The molecule has 0 saturated heterocycles. The predicted octanol–water partition coefficient (Wildman–Crippen LogP) is 4.67. The molecule has 0 aliphatic carbocycles. The standard InChI is InChI=1S/C32H33N3O6S/c1-39-30-18-17-28(21-31(30)40-2)42(37,38)35(20-19-25-11-5-3-6-12-25)23-32(36)34-33-22-27-15-9-10-16-29(27)41-24-26-13-7-4-8-14-26/h3-18,21-22H,19-20,23-24H2,1-2H3,(H,34,36)/b33-22-. The first-order valence-corrected chi connectivity index (χ1v) is 14.7. The van der Waals surface area contributed by atoms with Crippen molar-refractivity contribution in [2.24, 2.45) is 5.10 Å². The number of carbonyl (C=O) groups excluding carboxylic acids is 1. The highest BCUT2D eigenvalue weighted by Gasteiger charge is 2.27. The summed E-state index contributed by atoms with van der Waals surface area (Å²) in [6, 6.07) is 30.8. The van der Waals surface area contributed by atoms with E-state index < -0.39 is 22.5 Å². The van der Waals surface area contributed by atoms with Crippen LogP contribution in [0, 0.1) is 0 Å². The van der Waals surface area contributed by atoms with Crippen LogP contribution < -0.4 is 19.6 Å². The molecule has 4 aromatic carbocycles. The summed E-state index contributed by atoms with van der Waals surface area (Å²) >= 11 is 0. The van der Waals surface area contributed by atoms with E-state index in [1.165, 1.54) is 38.6 Å². The molecule has 0 radical (unpaired) electrons. The fourth-order valence-electron chi connectivity index (χ4n) is 4.13. The number of methoxy groups -OCH3 is 2. The van der Waals surface area contributed by atoms with Gasteiger partial charge in [0.1, 0.15) is 12.4 Å². The Balaban J connectivity index is 1.47. The zero-order chi connectivity index (χ0) is 29.8. The molecule has 0 saturated carbocycles. The van der Waals surface area contributed by atoms with Gasteiger partial charge in [0.05, 0.1) is 31.9 Å². The van der Waals surface area contributed by atoms with Gasteiger partial charge in [0.2, 0.25) is 10.0 Å². The lowest BCUT2D eigenvalue weighted by Gasteiger charge is -2.22. The van der Waals surface area contributed by atoms with Crippen LogP contribution in [0.25, 0.3) is 0 Å². The summed E-state index contributed by atoms with van der Waals surface area (Å²) in [5.74, 6) is 0.669. The number of sulfonamides is 1. The first-order valence-electron chi connectivity index (χ1n) is 13.2. The first kappa shape index (κ1) is 30.3. The average molecular weight is 588 g/mol. The Bertz CT molecular complexity index is 1600. The van der Waals surface area contributed by atoms with Crippen LogP contribution in [-0.4, -0.2) is 52.2 Å². The molecule has 0 aliphatic rings. The molecule has 0 bridgehead atoms. The molecule has 1 N–H and O–H groups in total. The number of nitrogens with one attached hydrogen (secondary N) is 1. The van der Waals surface area contributed by atoms with Crippen LogP contribution in [0.4, 0.5) is 0 Å². The van der Waals surface area contributed by atoms with Gasteiger partial charge in [-0.3, -0.25) is 4.79 Å². The van der Waals surface area contributed by atoms with Crippen LogP contribution in [0.5, 0.6) is 17.2 Å². The Morgan fingerprint density at radius 1 is 0.810 bits per heavy atom. The van der Waals surface area contributed by atoms with Crippen LogP contribution in [0.15, 0.2) is 113 Å². The van der Waals surface area contributed by atoms with Crippen molar-refractivity contribution in [3.8, 4) is 17.2 Å². The van der Waals surface area contributed by atoms with Crippen LogP contribution >= 0.6 is 0 Å². The first-order chi connectivity index (χ1) is 20.4. The number of amides is 1. The van der Waals surface area contributed by atoms with Gasteiger partial charge in [-0.2, -0.15) is 9.41 Å². The highest BCUT2D eigenvalue weighted by atomic mass is 32.2. The van der Waals surface area contributed by atoms with Crippen LogP contribution in [0.1, 0.15) is 16.7 Å². The third kappa shape index (κ3) is 8.18. The smallest absolute Gasteiger partial charge is 0.255 e. The molecular formula is C32H33N3O6S. The second kappa shape index (κ2) is 14.8. The van der Waals surface area contributed by atoms with E-state index in [4.69, 9.17) is 14.2 Å². The molecule has 42 heavy (non-hydrogen) atoms. The molecule has 0 heterocycles. The van der Waals surface area contributed by atoms with E-state index in [1.807, 2.05) is 84.9 Å². The molecule has 0 fully saturated rings. The minimum atomic E-state index is -4.08. The summed E-state index contributed by atoms with van der Waals surface area (Å²) < 4.78 is 45.0. The molecule has 9 nitrogen and oxygen atoms in total. The SMILES string of the molecule is COc1ccc(S(=O)(=O)N(CCc2ccccc2)CC(=O)N/N=C\c2ccccc2OCc2ccccc2)cc1OC. The van der Waals surface area contributed by atoms with E-state index in [2.05, 4.69) is 10.5 Å². The second-order valence-electron chi connectivity index (χ2n) is 9.20. The predicted molar refractivity (Wildman–Crippen MR) is 161 cm³/mol. The van der Waals surface area contributed by atoms with Gasteiger partial charge < -0.3 is 14.2 Å². The lowest BCUT2D eigenvalue weighted by atomic mass is 10.1. The molecule has 0 unspecified atom stereocenters. The van der Waals surface area contributed by atoms with Crippen molar-refractivity contribution in [1.29, 1.82) is 0 Å². The van der Waals surface area contributed by atoms with Gasteiger partial charge >= 0.3 is 0 Å². The monoisotopic (exact) mass is 587 g/mol. The summed E-state index contributed by atoms with van der Waals surface area (Å²) in [7, 11) is -1.18. The number of para-hydroxylation sites is 1. The number of hydrogen-bond acceptors (Lipinski definition) is 7. The van der Waals surface area contributed by atoms with Crippen molar-refractivity contribution < 1.29 is 27.4 Å². The molecule has 10 heteroatoms. The fraction of sp³-hybridized carbons (Fsp3) is 0.188. The summed E-state index contributed by atoms with van der Waals surface area (Å²) in [5, 5.41) is 4.07. The van der Waals surface area contributed by atoms with Crippen LogP contribution in [0.2, 0.25) is 0 Å². The Labute approximate surface area is 246 Å². The van der Waals surface area contributed by atoms with Crippen molar-refractivity contribution in [2.75, 3.05) is 27.3 Å². The van der Waals surface area contributed by atoms with Gasteiger partial charge in [0, 0.05) is 18.2 Å². The molecule has 4 aromatic rings. The minimum Gasteiger partial charge on any atom is -0.493 e. The van der Waals surface area contributed by atoms with Crippen molar-refractivity contribution in [3.63, 3.8) is 0 Å². The maximum atomic E-state index is 13.7. The van der Waals surface area contributed by atoms with E-state index in [9.17, 15) is 13.2 Å². The van der Waals surface area contributed by atoms with Crippen molar-refractivity contribution >= 4 is 22.1 Å². The summed E-state index contributed by atoms with van der Waals surface area (Å²) in [5.41, 5.74) is 5.07.